The van der Waals surface area contributed by atoms with Gasteiger partial charge in [0.15, 0.2) is 0 Å². The van der Waals surface area contributed by atoms with Gasteiger partial charge in [0.25, 0.3) is 0 Å². The second-order valence-electron chi connectivity index (χ2n) is 3.80. The molecule has 0 bridgehead atoms. The predicted molar refractivity (Wildman–Crippen MR) is 66.7 cm³/mol. The van der Waals surface area contributed by atoms with Crippen LogP contribution in [0, 0.1) is 11.3 Å². The molecule has 1 aromatic carbocycles. The molecule has 0 aliphatic rings. The highest BCUT2D eigenvalue weighted by Crippen LogP contribution is 2.29. The third kappa shape index (κ3) is 2.30. The van der Waals surface area contributed by atoms with E-state index in [-0.39, 0.29) is 0 Å². The molecule has 0 fully saturated rings. The number of benzene rings is 1. The maximum Gasteiger partial charge on any atom is 0.236 e. The van der Waals surface area contributed by atoms with Gasteiger partial charge in [0, 0.05) is 12.6 Å². The molecular formula is C14H13N3O. The Hall–Kier alpha value is -2.41. The summed E-state index contributed by atoms with van der Waals surface area (Å²) in [5.41, 5.74) is -0.490. The lowest BCUT2D eigenvalue weighted by Gasteiger charge is -2.25. The third-order valence-corrected chi connectivity index (χ3v) is 2.71. The van der Waals surface area contributed by atoms with Crippen molar-refractivity contribution in [2.75, 3.05) is 0 Å². The van der Waals surface area contributed by atoms with Crippen molar-refractivity contribution in [2.24, 2.45) is 0 Å². The van der Waals surface area contributed by atoms with Gasteiger partial charge in [-0.2, -0.15) is 5.26 Å². The topological polar surface area (TPSA) is 58.8 Å². The van der Waals surface area contributed by atoms with E-state index >= 15 is 0 Å². The Morgan fingerprint density at radius 3 is 2.61 bits per heavy atom. The molecule has 4 heteroatoms. The first-order valence-corrected chi connectivity index (χ1v) is 5.72. The van der Waals surface area contributed by atoms with E-state index in [0.717, 1.165) is 0 Å². The molecule has 0 saturated carbocycles. The van der Waals surface area contributed by atoms with E-state index in [4.69, 9.17) is 4.74 Å². The minimum absolute atomic E-state index is 0.509. The molecule has 90 valence electrons. The lowest BCUT2D eigenvalue weighted by Crippen LogP contribution is -2.31. The van der Waals surface area contributed by atoms with Gasteiger partial charge in [-0.05, 0) is 18.2 Å². The molecule has 1 heterocycles. The van der Waals surface area contributed by atoms with Crippen LogP contribution in [0.2, 0.25) is 0 Å². The van der Waals surface area contributed by atoms with Gasteiger partial charge < -0.3 is 4.74 Å². The average Bonchev–Trinajstić information content (AvgIpc) is 2.47. The Balaban J connectivity index is 2.37. The highest BCUT2D eigenvalue weighted by molar-refractivity contribution is 5.28. The molecule has 1 unspecified atom stereocenters. The maximum atomic E-state index is 9.46. The van der Waals surface area contributed by atoms with Gasteiger partial charge in [-0.25, -0.2) is 9.97 Å². The summed E-state index contributed by atoms with van der Waals surface area (Å²) in [7, 11) is 0. The van der Waals surface area contributed by atoms with Gasteiger partial charge in [-0.3, -0.25) is 0 Å². The van der Waals surface area contributed by atoms with E-state index in [1.807, 2.05) is 37.3 Å². The van der Waals surface area contributed by atoms with Gasteiger partial charge >= 0.3 is 0 Å². The van der Waals surface area contributed by atoms with Crippen molar-refractivity contribution in [1.29, 1.82) is 5.26 Å². The summed E-state index contributed by atoms with van der Waals surface area (Å²) in [4.78, 5) is 7.99. The van der Waals surface area contributed by atoms with Gasteiger partial charge in [-0.1, -0.05) is 25.1 Å². The highest BCUT2D eigenvalue weighted by atomic mass is 16.5. The summed E-state index contributed by atoms with van der Waals surface area (Å²) in [6, 6.07) is 13.2. The monoisotopic (exact) mass is 239 g/mol. The van der Waals surface area contributed by atoms with Crippen LogP contribution in [0.4, 0.5) is 0 Å². The molecule has 2 aromatic rings. The fourth-order valence-electron chi connectivity index (χ4n) is 1.68. The molecule has 0 aliphatic carbocycles. The predicted octanol–water partition coefficient (Wildman–Crippen LogP) is 2.68. The van der Waals surface area contributed by atoms with Crippen LogP contribution >= 0.6 is 0 Å². The number of ether oxygens (including phenoxy) is 1. The van der Waals surface area contributed by atoms with E-state index in [0.29, 0.717) is 17.9 Å². The second kappa shape index (κ2) is 5.28. The minimum atomic E-state index is -1.07. The Labute approximate surface area is 106 Å². The zero-order valence-electron chi connectivity index (χ0n) is 10.1. The molecule has 0 spiro atoms. The van der Waals surface area contributed by atoms with Crippen molar-refractivity contribution in [3.8, 4) is 11.8 Å². The zero-order valence-corrected chi connectivity index (χ0v) is 10.1. The lowest BCUT2D eigenvalue weighted by molar-refractivity contribution is 0.118. The van der Waals surface area contributed by atoms with Crippen LogP contribution in [0.5, 0.6) is 5.75 Å². The van der Waals surface area contributed by atoms with Gasteiger partial charge in [0.05, 0.1) is 0 Å². The number of hydrogen-bond donors (Lipinski definition) is 0. The molecule has 0 N–H and O–H groups in total. The summed E-state index contributed by atoms with van der Waals surface area (Å²) in [5.74, 6) is 0.652. The van der Waals surface area contributed by atoms with Crippen LogP contribution in [0.1, 0.15) is 19.0 Å². The number of rotatable bonds is 4. The number of hydrogen-bond acceptors (Lipinski definition) is 4. The summed E-state index contributed by atoms with van der Waals surface area (Å²) < 4.78 is 5.84. The van der Waals surface area contributed by atoms with Crippen LogP contribution in [0.15, 0.2) is 48.9 Å². The lowest BCUT2D eigenvalue weighted by atomic mass is 9.97. The molecule has 0 saturated heterocycles. The molecule has 1 atom stereocenters. The van der Waals surface area contributed by atoms with E-state index in [9.17, 15) is 5.26 Å². The number of aromatic nitrogens is 2. The first-order chi connectivity index (χ1) is 8.80. The normalized spacial score (nSPS) is 13.3. The van der Waals surface area contributed by atoms with E-state index in [2.05, 4.69) is 16.0 Å². The second-order valence-corrected chi connectivity index (χ2v) is 3.80. The Morgan fingerprint density at radius 1 is 1.28 bits per heavy atom. The van der Waals surface area contributed by atoms with Crippen molar-refractivity contribution >= 4 is 0 Å². The summed E-state index contributed by atoms with van der Waals surface area (Å²) in [5, 5.41) is 9.46. The average molecular weight is 239 g/mol. The molecule has 4 nitrogen and oxygen atoms in total. The largest absolute Gasteiger partial charge is 0.467 e. The quantitative estimate of drug-likeness (QED) is 0.823. The van der Waals surface area contributed by atoms with Crippen LogP contribution < -0.4 is 4.74 Å². The summed E-state index contributed by atoms with van der Waals surface area (Å²) in [6.07, 6.45) is 3.54. The minimum Gasteiger partial charge on any atom is -0.467 e. The SMILES string of the molecule is CCC(C#N)(Oc1ccccc1)c1ccncn1. The number of nitriles is 1. The molecule has 1 aromatic heterocycles. The highest BCUT2D eigenvalue weighted by Gasteiger charge is 2.34. The smallest absolute Gasteiger partial charge is 0.236 e. The van der Waals surface area contributed by atoms with Gasteiger partial charge in [-0.15, -0.1) is 0 Å². The van der Waals surface area contributed by atoms with Crippen LogP contribution in [0.3, 0.4) is 0 Å². The first kappa shape index (κ1) is 12.1. The standard InChI is InChI=1S/C14H13N3O/c1-2-14(10-15,13-8-9-16-11-17-13)18-12-6-4-3-5-7-12/h3-9,11H,2H2,1H3. The van der Waals surface area contributed by atoms with E-state index < -0.39 is 5.60 Å². The molecule has 18 heavy (non-hydrogen) atoms. The van der Waals surface area contributed by atoms with Crippen LogP contribution in [-0.4, -0.2) is 9.97 Å². The Kier molecular flexibility index (Phi) is 3.54. The van der Waals surface area contributed by atoms with Crippen LogP contribution in [-0.2, 0) is 5.60 Å². The number of para-hydroxylation sites is 1. The fourth-order valence-corrected chi connectivity index (χ4v) is 1.68. The third-order valence-electron chi connectivity index (χ3n) is 2.71. The maximum absolute atomic E-state index is 9.46. The van der Waals surface area contributed by atoms with E-state index in [1.165, 1.54) is 6.33 Å². The number of nitrogens with zero attached hydrogens (tertiary/aromatic N) is 3. The van der Waals surface area contributed by atoms with Crippen LogP contribution in [0.25, 0.3) is 0 Å². The first-order valence-electron chi connectivity index (χ1n) is 5.72. The van der Waals surface area contributed by atoms with Gasteiger partial charge in [0.1, 0.15) is 23.8 Å². The molecule has 0 aliphatic heterocycles. The molecule has 0 amide bonds. The molecular weight excluding hydrogens is 226 g/mol. The summed E-state index contributed by atoms with van der Waals surface area (Å²) in [6.45, 7) is 1.90. The van der Waals surface area contributed by atoms with Gasteiger partial charge in [0.2, 0.25) is 5.60 Å². The van der Waals surface area contributed by atoms with Crippen molar-refractivity contribution in [3.63, 3.8) is 0 Å². The molecule has 2 rings (SSSR count). The van der Waals surface area contributed by atoms with Crippen molar-refractivity contribution in [1.82, 2.24) is 9.97 Å². The van der Waals surface area contributed by atoms with Crippen molar-refractivity contribution in [3.05, 3.63) is 54.6 Å². The molecule has 0 radical (unpaired) electrons. The zero-order chi connectivity index (χ0) is 12.8. The summed E-state index contributed by atoms with van der Waals surface area (Å²) >= 11 is 0. The fraction of sp³-hybridized carbons (Fsp3) is 0.214. The van der Waals surface area contributed by atoms with Crippen molar-refractivity contribution in [2.45, 2.75) is 18.9 Å². The van der Waals surface area contributed by atoms with Crippen molar-refractivity contribution < 1.29 is 4.74 Å². The Morgan fingerprint density at radius 2 is 2.06 bits per heavy atom. The van der Waals surface area contributed by atoms with E-state index in [1.54, 1.807) is 12.3 Å². The Bertz CT molecular complexity index is 536.